The fourth-order valence-electron chi connectivity index (χ4n) is 2.77. The molecule has 0 aromatic heterocycles. The first-order valence-corrected chi connectivity index (χ1v) is 9.72. The van der Waals surface area contributed by atoms with Crippen molar-refractivity contribution < 1.29 is 13.3 Å². The van der Waals surface area contributed by atoms with Gasteiger partial charge in [0, 0.05) is 22.9 Å². The Morgan fingerprint density at radius 1 is 1.07 bits per heavy atom. The maximum Gasteiger partial charge on any atom is 0.271 e. The summed E-state index contributed by atoms with van der Waals surface area (Å²) in [7, 11) is -3.97. The van der Waals surface area contributed by atoms with Crippen LogP contribution in [0.3, 0.4) is 0 Å². The second kappa shape index (κ2) is 7.15. The average Bonchev–Trinajstić information content (AvgIpc) is 2.60. The number of anilines is 1. The summed E-state index contributed by atoms with van der Waals surface area (Å²) < 4.78 is 24.0. The summed E-state index contributed by atoms with van der Waals surface area (Å²) in [6.07, 6.45) is 0. The summed E-state index contributed by atoms with van der Waals surface area (Å²) >= 11 is 6.02. The number of primary sulfonamides is 1. The van der Waals surface area contributed by atoms with Crippen LogP contribution in [0.1, 0.15) is 5.56 Å². The van der Waals surface area contributed by atoms with Crippen molar-refractivity contribution in [1.82, 2.24) is 0 Å². The molecule has 144 valence electrons. The van der Waals surface area contributed by atoms with Crippen LogP contribution in [0.15, 0.2) is 57.6 Å². The van der Waals surface area contributed by atoms with Gasteiger partial charge in [-0.2, -0.15) is 0 Å². The maximum atomic E-state index is 12.0. The van der Waals surface area contributed by atoms with Crippen molar-refractivity contribution in [2.24, 2.45) is 15.4 Å². The Kier molecular flexibility index (Phi) is 5.02. The Balaban J connectivity index is 2.18. The number of nitrogens with two attached hydrogens (primary N) is 2. The molecule has 0 aliphatic carbocycles. The molecule has 0 bridgehead atoms. The lowest BCUT2D eigenvalue weighted by Gasteiger charge is -2.11. The zero-order valence-electron chi connectivity index (χ0n) is 14.5. The van der Waals surface area contributed by atoms with Gasteiger partial charge in [0.25, 0.3) is 5.69 Å². The van der Waals surface area contributed by atoms with Crippen molar-refractivity contribution in [3.8, 4) is 0 Å². The molecule has 0 heterocycles. The molecule has 0 aliphatic rings. The number of sulfonamides is 1. The lowest BCUT2D eigenvalue weighted by molar-refractivity contribution is -0.384. The third-order valence-corrected chi connectivity index (χ3v) is 5.45. The second-order valence-electron chi connectivity index (χ2n) is 5.95. The zero-order chi connectivity index (χ0) is 20.6. The number of nitro benzene ring substituents is 1. The highest BCUT2D eigenvalue weighted by atomic mass is 35.5. The lowest BCUT2D eigenvalue weighted by atomic mass is 10.0. The Hall–Kier alpha value is -3.08. The van der Waals surface area contributed by atoms with Crippen molar-refractivity contribution in [3.63, 3.8) is 0 Å². The minimum absolute atomic E-state index is 0.0187. The normalized spacial score (nSPS) is 12.0. The quantitative estimate of drug-likeness (QED) is 0.278. The molecular formula is C17H14ClN5O4S. The van der Waals surface area contributed by atoms with Crippen LogP contribution in [-0.4, -0.2) is 13.3 Å². The van der Waals surface area contributed by atoms with Gasteiger partial charge in [-0.15, -0.1) is 10.2 Å². The third-order valence-electron chi connectivity index (χ3n) is 4.04. The van der Waals surface area contributed by atoms with Crippen LogP contribution < -0.4 is 10.9 Å². The van der Waals surface area contributed by atoms with E-state index in [-0.39, 0.29) is 32.7 Å². The van der Waals surface area contributed by atoms with Crippen LogP contribution in [0, 0.1) is 17.0 Å². The number of hydrogen-bond donors (Lipinski definition) is 2. The van der Waals surface area contributed by atoms with E-state index in [2.05, 4.69) is 10.2 Å². The summed E-state index contributed by atoms with van der Waals surface area (Å²) in [6.45, 7) is 1.63. The van der Waals surface area contributed by atoms with E-state index in [1.165, 1.54) is 18.2 Å². The van der Waals surface area contributed by atoms with Crippen LogP contribution in [0.2, 0.25) is 5.02 Å². The molecule has 0 spiro atoms. The number of benzene rings is 3. The van der Waals surface area contributed by atoms with E-state index in [0.717, 1.165) is 6.07 Å². The minimum Gasteiger partial charge on any atom is -0.397 e. The molecule has 3 rings (SSSR count). The molecule has 0 saturated carbocycles. The fourth-order valence-corrected chi connectivity index (χ4v) is 3.99. The molecule has 0 amide bonds. The largest absolute Gasteiger partial charge is 0.397 e. The van der Waals surface area contributed by atoms with Gasteiger partial charge in [-0.1, -0.05) is 29.8 Å². The molecule has 28 heavy (non-hydrogen) atoms. The zero-order valence-corrected chi connectivity index (χ0v) is 16.0. The number of nitrogens with zero attached hydrogens (tertiary/aromatic N) is 3. The highest BCUT2D eigenvalue weighted by Crippen LogP contribution is 2.38. The number of nitro groups is 1. The molecule has 0 saturated heterocycles. The van der Waals surface area contributed by atoms with E-state index < -0.39 is 14.9 Å². The van der Waals surface area contributed by atoms with Gasteiger partial charge in [-0.25, -0.2) is 13.6 Å². The van der Waals surface area contributed by atoms with Crippen molar-refractivity contribution in [2.75, 3.05) is 5.73 Å². The van der Waals surface area contributed by atoms with Gasteiger partial charge in [-0.05, 0) is 24.6 Å². The van der Waals surface area contributed by atoms with E-state index in [1.54, 1.807) is 25.1 Å². The van der Waals surface area contributed by atoms with Gasteiger partial charge in [0.05, 0.1) is 20.5 Å². The SMILES string of the molecule is Cc1ccc2c(N=Nc3ccc([N+](=O)[O-])cc3Cl)c(N)ccc2c1S(N)(=O)=O. The molecule has 4 N–H and O–H groups in total. The number of hydrogen-bond acceptors (Lipinski definition) is 7. The van der Waals surface area contributed by atoms with Gasteiger partial charge >= 0.3 is 0 Å². The molecule has 11 heteroatoms. The third kappa shape index (κ3) is 3.65. The standard InChI is InChI=1S/C17H14ClN5O4S/c1-9-2-4-11-12(17(9)28(20,26)27)5-6-14(19)16(11)22-21-15-7-3-10(23(24)25)8-13(15)18/h2-8H,19H2,1H3,(H2,20,26,27). The van der Waals surface area contributed by atoms with Crippen molar-refractivity contribution in [3.05, 3.63) is 63.2 Å². The smallest absolute Gasteiger partial charge is 0.271 e. The van der Waals surface area contributed by atoms with Gasteiger partial charge in [-0.3, -0.25) is 10.1 Å². The molecule has 0 atom stereocenters. The fraction of sp³-hybridized carbons (Fsp3) is 0.0588. The Labute approximate surface area is 164 Å². The van der Waals surface area contributed by atoms with E-state index in [4.69, 9.17) is 22.5 Å². The summed E-state index contributed by atoms with van der Waals surface area (Å²) in [5.74, 6) is 0. The van der Waals surface area contributed by atoms with Gasteiger partial charge in [0.1, 0.15) is 11.4 Å². The number of aryl methyl sites for hydroxylation is 1. The first-order valence-electron chi connectivity index (χ1n) is 7.80. The van der Waals surface area contributed by atoms with E-state index in [9.17, 15) is 18.5 Å². The highest BCUT2D eigenvalue weighted by Gasteiger charge is 2.18. The minimum atomic E-state index is -3.97. The molecule has 3 aromatic carbocycles. The summed E-state index contributed by atoms with van der Waals surface area (Å²) in [4.78, 5) is 10.2. The molecule has 0 unspecified atom stereocenters. The summed E-state index contributed by atoms with van der Waals surface area (Å²) in [5.41, 5.74) is 6.99. The number of rotatable bonds is 4. The number of azo groups is 1. The molecule has 0 aliphatic heterocycles. The highest BCUT2D eigenvalue weighted by molar-refractivity contribution is 7.89. The van der Waals surface area contributed by atoms with E-state index in [0.29, 0.717) is 16.3 Å². The van der Waals surface area contributed by atoms with Crippen LogP contribution in [0.25, 0.3) is 10.8 Å². The van der Waals surface area contributed by atoms with Gasteiger partial charge < -0.3 is 5.73 Å². The summed E-state index contributed by atoms with van der Waals surface area (Å²) in [5, 5.41) is 25.1. The van der Waals surface area contributed by atoms with Gasteiger partial charge in [0.15, 0.2) is 0 Å². The average molecular weight is 420 g/mol. The van der Waals surface area contributed by atoms with E-state index in [1.807, 2.05) is 0 Å². The molecular weight excluding hydrogens is 406 g/mol. The number of halogens is 1. The Bertz CT molecular complexity index is 1260. The first kappa shape index (κ1) is 19.7. The first-order chi connectivity index (χ1) is 13.1. The van der Waals surface area contributed by atoms with Crippen molar-refractivity contribution in [1.29, 1.82) is 0 Å². The summed E-state index contributed by atoms with van der Waals surface area (Å²) in [6, 6.07) is 10.1. The molecule has 0 radical (unpaired) electrons. The van der Waals surface area contributed by atoms with Crippen LogP contribution in [-0.2, 0) is 10.0 Å². The Morgan fingerprint density at radius 3 is 2.36 bits per heavy atom. The maximum absolute atomic E-state index is 12.0. The lowest BCUT2D eigenvalue weighted by Crippen LogP contribution is -2.14. The molecule has 9 nitrogen and oxygen atoms in total. The molecule has 3 aromatic rings. The number of fused-ring (bicyclic) bond motifs is 1. The molecule has 0 fully saturated rings. The number of nitrogen functional groups attached to an aromatic ring is 1. The number of non-ortho nitro benzene ring substituents is 1. The second-order valence-corrected chi connectivity index (χ2v) is 7.85. The van der Waals surface area contributed by atoms with Crippen LogP contribution in [0.4, 0.5) is 22.7 Å². The van der Waals surface area contributed by atoms with Crippen LogP contribution >= 0.6 is 11.6 Å². The van der Waals surface area contributed by atoms with Crippen LogP contribution in [0.5, 0.6) is 0 Å². The predicted molar refractivity (Wildman–Crippen MR) is 107 cm³/mol. The van der Waals surface area contributed by atoms with Crippen molar-refractivity contribution >= 4 is 55.1 Å². The monoisotopic (exact) mass is 419 g/mol. The van der Waals surface area contributed by atoms with Gasteiger partial charge in [0.2, 0.25) is 10.0 Å². The Morgan fingerprint density at radius 2 is 1.75 bits per heavy atom. The van der Waals surface area contributed by atoms with Crippen molar-refractivity contribution in [2.45, 2.75) is 11.8 Å². The topological polar surface area (TPSA) is 154 Å². The van der Waals surface area contributed by atoms with E-state index >= 15 is 0 Å². The predicted octanol–water partition coefficient (Wildman–Crippen LogP) is 4.35.